The summed E-state index contributed by atoms with van der Waals surface area (Å²) in [5, 5.41) is 2.89. The number of aromatic nitrogens is 2. The minimum absolute atomic E-state index is 0.0210. The van der Waals surface area contributed by atoms with Gasteiger partial charge in [0, 0.05) is 18.9 Å². The van der Waals surface area contributed by atoms with Crippen molar-refractivity contribution in [1.82, 2.24) is 9.55 Å². The lowest BCUT2D eigenvalue weighted by Crippen LogP contribution is -2.00. The van der Waals surface area contributed by atoms with Gasteiger partial charge in [0.05, 0.1) is 20.6 Å². The first-order valence-corrected chi connectivity index (χ1v) is 15.2. The monoisotopic (exact) mass is 612 g/mol. The second-order valence-electron chi connectivity index (χ2n) is 11.4. The third-order valence-corrected chi connectivity index (χ3v) is 8.76. The van der Waals surface area contributed by atoms with Gasteiger partial charge < -0.3 is 0 Å². The third-order valence-electron chi connectivity index (χ3n) is 8.76. The van der Waals surface area contributed by atoms with Crippen LogP contribution in [0.2, 0.25) is 0 Å². The summed E-state index contributed by atoms with van der Waals surface area (Å²) in [6.07, 6.45) is -2.76. The number of imidazole rings is 1. The molecule has 0 spiro atoms. The lowest BCUT2D eigenvalue weighted by atomic mass is 9.84. The van der Waals surface area contributed by atoms with Gasteiger partial charge in [-0.25, -0.2) is 4.98 Å². The molecule has 9 aromatic rings. The minimum atomic E-state index is -2.98. The number of fused-ring (bicyclic) bond motifs is 4. The molecule has 9 rings (SSSR count). The van der Waals surface area contributed by atoms with Gasteiger partial charge in [-0.3, -0.25) is 4.57 Å². The van der Waals surface area contributed by atoms with Gasteiger partial charge in [0.2, 0.25) is 0 Å². The molecule has 0 aliphatic carbocycles. The molecule has 1 aromatic heterocycles. The molecule has 222 valence electrons. The summed E-state index contributed by atoms with van der Waals surface area (Å²) in [5.74, 6) is -0.225. The Kier molecular flexibility index (Phi) is 4.17. The van der Waals surface area contributed by atoms with Crippen molar-refractivity contribution < 1.29 is 16.4 Å². The van der Waals surface area contributed by atoms with Gasteiger partial charge in [0.15, 0.2) is 0 Å². The van der Waals surface area contributed by atoms with E-state index in [-0.39, 0.29) is 34.2 Å². The average molecular weight is 613 g/mol. The molecule has 2 heteroatoms. The van der Waals surface area contributed by atoms with Crippen molar-refractivity contribution in [2.75, 3.05) is 0 Å². The van der Waals surface area contributed by atoms with Crippen molar-refractivity contribution in [3.63, 3.8) is 0 Å². The fraction of sp³-hybridized carbons (Fsp3) is 0.0444. The van der Waals surface area contributed by atoms with Crippen molar-refractivity contribution >= 4 is 43.4 Å². The molecular formula is C45H32N2. The molecule has 0 atom stereocenters. The lowest BCUT2D eigenvalue weighted by molar-refractivity contribution is 0.908. The van der Waals surface area contributed by atoms with Gasteiger partial charge in [-0.1, -0.05) is 140 Å². The zero-order valence-electron chi connectivity index (χ0n) is 36.9. The largest absolute Gasteiger partial charge is 0.296 e. The number of rotatable bonds is 5. The minimum Gasteiger partial charge on any atom is -0.296 e. The molecule has 0 aliphatic heterocycles. The SMILES string of the molecule is [2H]c1c([2H])c([2H])c2c(-c3c4ccccc4c(-c4cccc(-c5cccc(-n6c(C([2H])([2H])C([2H])([2H])[2H])nc7ccccc76)c5)c4)c4ccccc34)c([2H])c([2H])c([2H])c2c1[2H]. The van der Waals surface area contributed by atoms with E-state index < -0.39 is 43.4 Å². The normalized spacial score (nSPS) is 15.8. The topological polar surface area (TPSA) is 17.8 Å². The van der Waals surface area contributed by atoms with E-state index in [9.17, 15) is 1.37 Å². The molecule has 0 amide bonds. The van der Waals surface area contributed by atoms with E-state index in [0.717, 1.165) is 33.0 Å². The van der Waals surface area contributed by atoms with Gasteiger partial charge >= 0.3 is 0 Å². The molecule has 0 bridgehead atoms. The molecule has 8 aromatic carbocycles. The van der Waals surface area contributed by atoms with Crippen LogP contribution in [0.5, 0.6) is 0 Å². The van der Waals surface area contributed by atoms with Gasteiger partial charge in [-0.15, -0.1) is 0 Å². The van der Waals surface area contributed by atoms with Crippen molar-refractivity contribution in [3.8, 4) is 39.1 Å². The average Bonchev–Trinajstić information content (AvgIpc) is 3.64. The highest BCUT2D eigenvalue weighted by molar-refractivity contribution is 6.23. The zero-order chi connectivity index (χ0) is 41.7. The molecule has 0 N–H and O–H groups in total. The van der Waals surface area contributed by atoms with E-state index in [2.05, 4.69) is 4.98 Å². The van der Waals surface area contributed by atoms with Gasteiger partial charge in [-0.05, 0) is 96.0 Å². The summed E-state index contributed by atoms with van der Waals surface area (Å²) in [6, 6.07) is 34.7. The van der Waals surface area contributed by atoms with Crippen molar-refractivity contribution in [1.29, 1.82) is 0 Å². The van der Waals surface area contributed by atoms with Gasteiger partial charge in [-0.2, -0.15) is 0 Å². The first-order chi connectivity index (χ1) is 28.1. The van der Waals surface area contributed by atoms with E-state index in [1.54, 1.807) is 34.9 Å². The van der Waals surface area contributed by atoms with Crippen LogP contribution in [-0.2, 0) is 6.37 Å². The number of hydrogen-bond donors (Lipinski definition) is 0. The predicted molar refractivity (Wildman–Crippen MR) is 199 cm³/mol. The molecule has 0 radical (unpaired) electrons. The van der Waals surface area contributed by atoms with E-state index in [4.69, 9.17) is 15.1 Å². The molecule has 0 unspecified atom stereocenters. The Balaban J connectivity index is 1.28. The second-order valence-corrected chi connectivity index (χ2v) is 11.4. The van der Waals surface area contributed by atoms with Crippen LogP contribution < -0.4 is 0 Å². The summed E-state index contributed by atoms with van der Waals surface area (Å²) < 4.78 is 104. The highest BCUT2D eigenvalue weighted by Gasteiger charge is 2.18. The fourth-order valence-corrected chi connectivity index (χ4v) is 6.76. The van der Waals surface area contributed by atoms with E-state index in [1.165, 1.54) is 0 Å². The maximum atomic E-state index is 9.22. The molecule has 0 saturated carbocycles. The smallest absolute Gasteiger partial charge is 0.114 e. The first-order valence-electron chi connectivity index (χ1n) is 21.2. The van der Waals surface area contributed by atoms with E-state index in [0.29, 0.717) is 33.1 Å². The Morgan fingerprint density at radius 3 is 2.02 bits per heavy atom. The molecule has 0 saturated heterocycles. The van der Waals surface area contributed by atoms with E-state index in [1.807, 2.05) is 91.0 Å². The Morgan fingerprint density at radius 2 is 1.23 bits per heavy atom. The van der Waals surface area contributed by atoms with Crippen LogP contribution >= 0.6 is 0 Å². The Bertz CT molecular complexity index is 3160. The second kappa shape index (κ2) is 11.1. The first kappa shape index (κ1) is 17.6. The number of nitrogens with zero attached hydrogens (tertiary/aromatic N) is 2. The number of benzene rings is 8. The fourth-order valence-electron chi connectivity index (χ4n) is 6.76. The number of aryl methyl sites for hydroxylation is 1. The summed E-state index contributed by atoms with van der Waals surface area (Å²) in [6.45, 7) is -2.98. The molecule has 47 heavy (non-hydrogen) atoms. The standard InChI is InChI=1S/C45H32N2/c1-2-43-46-41-26-9-10-27-42(41)47(43)34-19-12-17-32(29-34)31-16-11-18-33(28-31)44-37-21-5-7-23-39(37)45(40-24-8-6-22-38(40)44)36-25-13-15-30-14-3-4-20-35(30)36/h3-29H,2H2,1H3/i1D3,2D2,3D,4D,13D,14D,15D,20D,25D. The van der Waals surface area contributed by atoms with Crippen LogP contribution in [0.3, 0.4) is 0 Å². The molecule has 1 heterocycles. The molecule has 0 aliphatic rings. The van der Waals surface area contributed by atoms with Crippen LogP contribution in [0.15, 0.2) is 164 Å². The zero-order valence-corrected chi connectivity index (χ0v) is 24.9. The maximum absolute atomic E-state index is 9.22. The van der Waals surface area contributed by atoms with Gasteiger partial charge in [0.1, 0.15) is 5.82 Å². The molecular weight excluding hydrogens is 569 g/mol. The quantitative estimate of drug-likeness (QED) is 0.177. The van der Waals surface area contributed by atoms with Crippen LogP contribution in [0.25, 0.3) is 82.4 Å². The Hall–Kier alpha value is -5.99. The van der Waals surface area contributed by atoms with Crippen molar-refractivity contribution in [2.24, 2.45) is 0 Å². The van der Waals surface area contributed by atoms with Crippen LogP contribution in [0.1, 0.15) is 29.1 Å². The number of hydrogen-bond acceptors (Lipinski definition) is 1. The van der Waals surface area contributed by atoms with Crippen LogP contribution in [0.4, 0.5) is 0 Å². The summed E-state index contributed by atoms with van der Waals surface area (Å²) in [4.78, 5) is 4.48. The van der Waals surface area contributed by atoms with E-state index >= 15 is 0 Å². The summed E-state index contributed by atoms with van der Waals surface area (Å²) in [5.41, 5.74) is 5.57. The highest BCUT2D eigenvalue weighted by Crippen LogP contribution is 2.45. The Morgan fingerprint density at radius 1 is 0.596 bits per heavy atom. The molecule has 2 nitrogen and oxygen atoms in total. The Labute approximate surface area is 291 Å². The van der Waals surface area contributed by atoms with Crippen LogP contribution in [-0.4, -0.2) is 9.55 Å². The third kappa shape index (κ3) is 4.45. The summed E-state index contributed by atoms with van der Waals surface area (Å²) in [7, 11) is 0. The molecule has 0 fully saturated rings. The van der Waals surface area contributed by atoms with Crippen molar-refractivity contribution in [2.45, 2.75) is 13.2 Å². The maximum Gasteiger partial charge on any atom is 0.114 e. The summed E-state index contributed by atoms with van der Waals surface area (Å²) >= 11 is 0. The predicted octanol–water partition coefficient (Wildman–Crippen LogP) is 12.0. The number of para-hydroxylation sites is 2. The van der Waals surface area contributed by atoms with Gasteiger partial charge in [0.25, 0.3) is 0 Å². The highest BCUT2D eigenvalue weighted by atomic mass is 15.1. The van der Waals surface area contributed by atoms with Crippen molar-refractivity contribution in [3.05, 3.63) is 169 Å². The lowest BCUT2D eigenvalue weighted by Gasteiger charge is -2.19. The van der Waals surface area contributed by atoms with Crippen LogP contribution in [0, 0.1) is 0 Å².